The summed E-state index contributed by atoms with van der Waals surface area (Å²) in [6, 6.07) is 4.23. The van der Waals surface area contributed by atoms with Gasteiger partial charge < -0.3 is 0 Å². The average Bonchev–Trinajstić information content (AvgIpc) is 2.80. The molecule has 94 valence electrons. The minimum atomic E-state index is -0.577. The summed E-state index contributed by atoms with van der Waals surface area (Å²) >= 11 is 5.77. The Bertz CT molecular complexity index is 580. The first-order valence-corrected chi connectivity index (χ1v) is 5.98. The van der Waals surface area contributed by atoms with Gasteiger partial charge in [-0.1, -0.05) is 17.7 Å². The molecule has 0 unspecified atom stereocenters. The Labute approximate surface area is 109 Å². The van der Waals surface area contributed by atoms with Crippen LogP contribution in [0.1, 0.15) is 22.8 Å². The number of carbonyl (C=O) groups excluding carboxylic acids is 1. The Morgan fingerprint density at radius 1 is 1.50 bits per heavy atom. The zero-order chi connectivity index (χ0) is 13.1. The van der Waals surface area contributed by atoms with Crippen LogP contribution in [0.3, 0.4) is 0 Å². The lowest BCUT2D eigenvalue weighted by atomic mass is 10.1. The second kappa shape index (κ2) is 5.31. The number of aryl methyl sites for hydroxylation is 1. The molecule has 0 aliphatic rings. The number of carbonyl (C=O) groups is 1. The highest BCUT2D eigenvalue weighted by Crippen LogP contribution is 2.21. The van der Waals surface area contributed by atoms with Gasteiger partial charge in [-0.05, 0) is 24.6 Å². The molecule has 1 aromatic heterocycles. The first-order valence-electron chi connectivity index (χ1n) is 5.60. The van der Waals surface area contributed by atoms with Crippen molar-refractivity contribution in [2.45, 2.75) is 19.9 Å². The molecule has 0 amide bonds. The maximum Gasteiger partial charge on any atom is 0.168 e. The zero-order valence-corrected chi connectivity index (χ0v) is 10.6. The lowest BCUT2D eigenvalue weighted by molar-refractivity contribution is 0.0992. The number of rotatable bonds is 4. The summed E-state index contributed by atoms with van der Waals surface area (Å²) in [5, 5.41) is 3.96. The molecule has 0 aliphatic carbocycles. The predicted molar refractivity (Wildman–Crippen MR) is 67.3 cm³/mol. The van der Waals surface area contributed by atoms with Gasteiger partial charge in [0.1, 0.15) is 5.82 Å². The van der Waals surface area contributed by atoms with Gasteiger partial charge in [0.05, 0.1) is 11.2 Å². The van der Waals surface area contributed by atoms with E-state index in [2.05, 4.69) is 5.10 Å². The van der Waals surface area contributed by atoms with E-state index < -0.39 is 5.82 Å². The molecule has 2 aromatic rings. The summed E-state index contributed by atoms with van der Waals surface area (Å²) in [4.78, 5) is 12.0. The normalized spacial score (nSPS) is 10.6. The number of Topliss-reactive ketones (excluding diaryl/α,β-unsaturated/α-hetero) is 1. The predicted octanol–water partition coefficient (Wildman–Crippen LogP) is 3.12. The summed E-state index contributed by atoms with van der Waals surface area (Å²) in [6.07, 6.45) is 3.60. The topological polar surface area (TPSA) is 34.9 Å². The Balaban J connectivity index is 2.19. The van der Waals surface area contributed by atoms with Crippen molar-refractivity contribution in [2.75, 3.05) is 0 Å². The molecule has 1 heterocycles. The number of aromatic nitrogens is 2. The van der Waals surface area contributed by atoms with Crippen LogP contribution in [-0.4, -0.2) is 15.6 Å². The summed E-state index contributed by atoms with van der Waals surface area (Å²) in [6.45, 7) is 2.71. The van der Waals surface area contributed by atoms with Crippen LogP contribution >= 0.6 is 11.6 Å². The number of ketones is 1. The molecule has 0 bridgehead atoms. The first-order chi connectivity index (χ1) is 8.61. The minimum Gasteiger partial charge on any atom is -0.294 e. The van der Waals surface area contributed by atoms with Gasteiger partial charge in [0.25, 0.3) is 0 Å². The van der Waals surface area contributed by atoms with Crippen molar-refractivity contribution in [1.29, 1.82) is 0 Å². The molecule has 18 heavy (non-hydrogen) atoms. The van der Waals surface area contributed by atoms with Crippen molar-refractivity contribution < 1.29 is 9.18 Å². The number of halogens is 2. The molecule has 3 nitrogen and oxygen atoms in total. The molecule has 0 fully saturated rings. The highest BCUT2D eigenvalue weighted by atomic mass is 35.5. The van der Waals surface area contributed by atoms with Gasteiger partial charge in [-0.25, -0.2) is 4.39 Å². The summed E-state index contributed by atoms with van der Waals surface area (Å²) in [7, 11) is 0. The van der Waals surface area contributed by atoms with Crippen LogP contribution in [0.25, 0.3) is 0 Å². The second-order valence-electron chi connectivity index (χ2n) is 3.91. The van der Waals surface area contributed by atoms with E-state index in [1.807, 2.05) is 6.92 Å². The van der Waals surface area contributed by atoms with E-state index in [1.54, 1.807) is 17.1 Å². The lowest BCUT2D eigenvalue weighted by Gasteiger charge is -2.02. The second-order valence-corrected chi connectivity index (χ2v) is 4.28. The summed E-state index contributed by atoms with van der Waals surface area (Å²) < 4.78 is 15.0. The Morgan fingerprint density at radius 3 is 2.94 bits per heavy atom. The Hall–Kier alpha value is -1.68. The average molecular weight is 267 g/mol. The Kier molecular flexibility index (Phi) is 3.77. The molecular weight excluding hydrogens is 255 g/mol. The van der Waals surface area contributed by atoms with Gasteiger partial charge in [0, 0.05) is 24.7 Å². The van der Waals surface area contributed by atoms with Gasteiger partial charge in [-0.2, -0.15) is 5.10 Å². The first kappa shape index (κ1) is 12.8. The number of hydrogen-bond acceptors (Lipinski definition) is 2. The molecule has 2 rings (SSSR count). The number of benzene rings is 1. The third kappa shape index (κ3) is 2.59. The summed E-state index contributed by atoms with van der Waals surface area (Å²) in [5.41, 5.74) is 1.00. The lowest BCUT2D eigenvalue weighted by Crippen LogP contribution is -2.04. The highest BCUT2D eigenvalue weighted by Gasteiger charge is 2.14. The molecule has 5 heteroatoms. The van der Waals surface area contributed by atoms with E-state index in [0.717, 1.165) is 12.1 Å². The van der Waals surface area contributed by atoms with Crippen molar-refractivity contribution in [3.05, 3.63) is 52.6 Å². The molecule has 0 atom stereocenters. The van der Waals surface area contributed by atoms with Crippen LogP contribution in [-0.2, 0) is 13.0 Å². The minimum absolute atomic E-state index is 0.120. The third-order valence-corrected chi connectivity index (χ3v) is 3.01. The molecule has 0 spiro atoms. The van der Waals surface area contributed by atoms with Crippen molar-refractivity contribution in [3.8, 4) is 0 Å². The van der Waals surface area contributed by atoms with Crippen LogP contribution in [0.2, 0.25) is 5.02 Å². The van der Waals surface area contributed by atoms with E-state index in [9.17, 15) is 9.18 Å². The Morgan fingerprint density at radius 2 is 2.28 bits per heavy atom. The smallest absolute Gasteiger partial charge is 0.168 e. The fraction of sp³-hybridized carbons (Fsp3) is 0.231. The third-order valence-electron chi connectivity index (χ3n) is 2.63. The highest BCUT2D eigenvalue weighted by molar-refractivity contribution is 6.34. The van der Waals surface area contributed by atoms with Crippen LogP contribution in [0.15, 0.2) is 30.6 Å². The van der Waals surface area contributed by atoms with Gasteiger partial charge in [-0.3, -0.25) is 9.48 Å². The van der Waals surface area contributed by atoms with Gasteiger partial charge in [0.15, 0.2) is 5.78 Å². The van der Waals surface area contributed by atoms with Crippen LogP contribution in [0, 0.1) is 5.82 Å². The molecule has 0 saturated carbocycles. The SMILES string of the molecule is CCn1cc(CC(=O)c2cccc(F)c2Cl)cn1. The van der Waals surface area contributed by atoms with Crippen molar-refractivity contribution in [3.63, 3.8) is 0 Å². The molecular formula is C13H12ClFN2O. The zero-order valence-electron chi connectivity index (χ0n) is 9.86. The van der Waals surface area contributed by atoms with Crippen LogP contribution in [0.5, 0.6) is 0 Å². The van der Waals surface area contributed by atoms with Crippen LogP contribution < -0.4 is 0 Å². The van der Waals surface area contributed by atoms with Gasteiger partial charge in [0.2, 0.25) is 0 Å². The monoisotopic (exact) mass is 266 g/mol. The number of hydrogen-bond donors (Lipinski definition) is 0. The molecule has 1 aromatic carbocycles. The maximum absolute atomic E-state index is 13.2. The molecule has 0 radical (unpaired) electrons. The van der Waals surface area contributed by atoms with E-state index >= 15 is 0 Å². The molecule has 0 aliphatic heterocycles. The number of nitrogens with zero attached hydrogens (tertiary/aromatic N) is 2. The van der Waals surface area contributed by atoms with E-state index in [0.29, 0.717) is 0 Å². The largest absolute Gasteiger partial charge is 0.294 e. The maximum atomic E-state index is 13.2. The fourth-order valence-electron chi connectivity index (χ4n) is 1.67. The van der Waals surface area contributed by atoms with Crippen molar-refractivity contribution >= 4 is 17.4 Å². The van der Waals surface area contributed by atoms with E-state index in [-0.39, 0.29) is 22.8 Å². The molecule has 0 N–H and O–H groups in total. The van der Waals surface area contributed by atoms with Crippen molar-refractivity contribution in [1.82, 2.24) is 9.78 Å². The summed E-state index contributed by atoms with van der Waals surface area (Å²) in [5.74, 6) is -0.790. The fourth-order valence-corrected chi connectivity index (χ4v) is 1.90. The van der Waals surface area contributed by atoms with Gasteiger partial charge >= 0.3 is 0 Å². The van der Waals surface area contributed by atoms with Crippen molar-refractivity contribution in [2.24, 2.45) is 0 Å². The van der Waals surface area contributed by atoms with E-state index in [4.69, 9.17) is 11.6 Å². The standard InChI is InChI=1S/C13H12ClFN2O/c1-2-17-8-9(7-16-17)6-12(18)10-4-3-5-11(15)13(10)14/h3-5,7-8H,2,6H2,1H3. The quantitative estimate of drug-likeness (QED) is 0.797. The van der Waals surface area contributed by atoms with Crippen LogP contribution in [0.4, 0.5) is 4.39 Å². The molecule has 0 saturated heterocycles. The van der Waals surface area contributed by atoms with Gasteiger partial charge in [-0.15, -0.1) is 0 Å². The van der Waals surface area contributed by atoms with E-state index in [1.165, 1.54) is 18.2 Å².